The Balaban J connectivity index is 2.30. The molecule has 0 aliphatic heterocycles. The van der Waals surface area contributed by atoms with Gasteiger partial charge in [-0.1, -0.05) is 19.3 Å². The Hall–Kier alpha value is -0.380. The Morgan fingerprint density at radius 2 is 2.00 bits per heavy atom. The zero-order valence-electron chi connectivity index (χ0n) is 11.2. The fraction of sp³-hybridized carbons (Fsp3) is 0.714. The zero-order chi connectivity index (χ0) is 12.3. The number of likely N-dealkylation sites (N-methyl/N-ethyl adjacent to an activating group) is 2. The van der Waals surface area contributed by atoms with Crippen molar-refractivity contribution in [1.29, 1.82) is 0 Å². The molecule has 1 N–H and O–H groups in total. The predicted molar refractivity (Wildman–Crippen MR) is 75.6 cm³/mol. The van der Waals surface area contributed by atoms with E-state index < -0.39 is 0 Å². The maximum absolute atomic E-state index is 3.56. The van der Waals surface area contributed by atoms with Crippen LogP contribution in [-0.2, 0) is 0 Å². The average molecular weight is 252 g/mol. The van der Waals surface area contributed by atoms with Crippen LogP contribution in [-0.4, -0.2) is 31.6 Å². The molecule has 0 bridgehead atoms. The Morgan fingerprint density at radius 1 is 1.29 bits per heavy atom. The van der Waals surface area contributed by atoms with Gasteiger partial charge in [-0.2, -0.15) is 11.3 Å². The molecule has 0 saturated heterocycles. The molecule has 17 heavy (non-hydrogen) atoms. The van der Waals surface area contributed by atoms with Gasteiger partial charge in [-0.05, 0) is 56.4 Å². The van der Waals surface area contributed by atoms with Crippen molar-refractivity contribution in [3.8, 4) is 0 Å². The molecule has 2 nitrogen and oxygen atoms in total. The zero-order valence-corrected chi connectivity index (χ0v) is 12.0. The van der Waals surface area contributed by atoms with Crippen LogP contribution in [0.4, 0.5) is 0 Å². The first-order valence-electron chi connectivity index (χ1n) is 6.57. The van der Waals surface area contributed by atoms with Crippen molar-refractivity contribution in [2.75, 3.05) is 21.1 Å². The summed E-state index contributed by atoms with van der Waals surface area (Å²) < 4.78 is 0. The molecule has 0 aromatic carbocycles. The maximum Gasteiger partial charge on any atom is 0.0512 e. The predicted octanol–water partition coefficient (Wildman–Crippen LogP) is 3.27. The van der Waals surface area contributed by atoms with Crippen molar-refractivity contribution in [3.63, 3.8) is 0 Å². The molecule has 1 atom stereocenters. The number of nitrogens with one attached hydrogen (secondary N) is 1. The van der Waals surface area contributed by atoms with Gasteiger partial charge >= 0.3 is 0 Å². The summed E-state index contributed by atoms with van der Waals surface area (Å²) in [5, 5.41) is 8.04. The first-order valence-corrected chi connectivity index (χ1v) is 7.52. The molecule has 1 saturated carbocycles. The van der Waals surface area contributed by atoms with E-state index >= 15 is 0 Å². The number of hydrogen-bond donors (Lipinski definition) is 1. The normalized spacial score (nSPS) is 21.6. The molecule has 0 amide bonds. The molecule has 1 fully saturated rings. The molecule has 3 heteroatoms. The number of rotatable bonds is 4. The fourth-order valence-corrected chi connectivity index (χ4v) is 4.03. The van der Waals surface area contributed by atoms with Crippen molar-refractivity contribution in [3.05, 3.63) is 22.4 Å². The van der Waals surface area contributed by atoms with Crippen molar-refractivity contribution >= 4 is 11.3 Å². The van der Waals surface area contributed by atoms with Crippen LogP contribution in [0.25, 0.3) is 0 Å². The van der Waals surface area contributed by atoms with Gasteiger partial charge in [0, 0.05) is 5.54 Å². The summed E-state index contributed by atoms with van der Waals surface area (Å²) >= 11 is 1.80. The minimum absolute atomic E-state index is 0.300. The molecule has 1 unspecified atom stereocenters. The van der Waals surface area contributed by atoms with Crippen LogP contribution in [0.2, 0.25) is 0 Å². The highest BCUT2D eigenvalue weighted by Crippen LogP contribution is 2.42. The molecule has 1 aromatic rings. The lowest BCUT2D eigenvalue weighted by Gasteiger charge is -2.48. The van der Waals surface area contributed by atoms with Gasteiger partial charge in [0.25, 0.3) is 0 Å². The first-order chi connectivity index (χ1) is 8.20. The summed E-state index contributed by atoms with van der Waals surface area (Å²) in [5.41, 5.74) is 1.75. The Labute approximate surface area is 109 Å². The van der Waals surface area contributed by atoms with Crippen LogP contribution in [0.3, 0.4) is 0 Å². The average Bonchev–Trinajstić information content (AvgIpc) is 2.84. The Bertz CT molecular complexity index is 326. The van der Waals surface area contributed by atoms with Crippen molar-refractivity contribution in [2.45, 2.75) is 43.7 Å². The molecule has 2 rings (SSSR count). The van der Waals surface area contributed by atoms with Crippen LogP contribution in [0.15, 0.2) is 16.8 Å². The van der Waals surface area contributed by atoms with Gasteiger partial charge in [-0.3, -0.25) is 0 Å². The quantitative estimate of drug-likeness (QED) is 0.885. The van der Waals surface area contributed by atoms with Gasteiger partial charge < -0.3 is 10.2 Å². The summed E-state index contributed by atoms with van der Waals surface area (Å²) in [5.74, 6) is 0. The molecule has 0 spiro atoms. The second-order valence-electron chi connectivity index (χ2n) is 5.34. The fourth-order valence-electron chi connectivity index (χ4n) is 3.34. The van der Waals surface area contributed by atoms with Crippen LogP contribution in [0.5, 0.6) is 0 Å². The van der Waals surface area contributed by atoms with Crippen molar-refractivity contribution in [1.82, 2.24) is 10.2 Å². The van der Waals surface area contributed by atoms with Crippen LogP contribution in [0, 0.1) is 0 Å². The summed E-state index contributed by atoms with van der Waals surface area (Å²) in [4.78, 5) is 2.45. The lowest BCUT2D eigenvalue weighted by atomic mass is 9.73. The highest BCUT2D eigenvalue weighted by Gasteiger charge is 2.41. The van der Waals surface area contributed by atoms with E-state index in [0.717, 1.165) is 0 Å². The summed E-state index contributed by atoms with van der Waals surface area (Å²) in [6.45, 7) is 0. The van der Waals surface area contributed by atoms with E-state index in [9.17, 15) is 0 Å². The molecule has 1 heterocycles. The van der Waals surface area contributed by atoms with E-state index in [-0.39, 0.29) is 0 Å². The van der Waals surface area contributed by atoms with E-state index in [4.69, 9.17) is 0 Å². The number of nitrogens with zero attached hydrogens (tertiary/aromatic N) is 1. The first kappa shape index (κ1) is 13.1. The van der Waals surface area contributed by atoms with E-state index in [1.807, 2.05) is 0 Å². The van der Waals surface area contributed by atoms with Gasteiger partial charge in [0.15, 0.2) is 0 Å². The van der Waals surface area contributed by atoms with Gasteiger partial charge in [0.2, 0.25) is 0 Å². The Morgan fingerprint density at radius 3 is 2.47 bits per heavy atom. The van der Waals surface area contributed by atoms with E-state index in [0.29, 0.717) is 11.6 Å². The molecule has 0 radical (unpaired) electrons. The van der Waals surface area contributed by atoms with Gasteiger partial charge in [-0.15, -0.1) is 0 Å². The number of thiophene rings is 1. The van der Waals surface area contributed by atoms with E-state index in [1.165, 1.54) is 37.7 Å². The molecular formula is C14H24N2S. The summed E-state index contributed by atoms with van der Waals surface area (Å²) in [7, 11) is 6.58. The third kappa shape index (κ3) is 2.42. The van der Waals surface area contributed by atoms with Gasteiger partial charge in [0.05, 0.1) is 6.04 Å². The third-order valence-corrected chi connectivity index (χ3v) is 5.01. The Kier molecular flexibility index (Phi) is 4.23. The smallest absolute Gasteiger partial charge is 0.0512 e. The van der Waals surface area contributed by atoms with Crippen LogP contribution < -0.4 is 5.32 Å². The number of hydrogen-bond acceptors (Lipinski definition) is 3. The van der Waals surface area contributed by atoms with Crippen molar-refractivity contribution in [2.24, 2.45) is 0 Å². The van der Waals surface area contributed by atoms with Crippen molar-refractivity contribution < 1.29 is 0 Å². The van der Waals surface area contributed by atoms with Crippen LogP contribution >= 0.6 is 11.3 Å². The van der Waals surface area contributed by atoms with Gasteiger partial charge in [-0.25, -0.2) is 0 Å². The molecule has 1 aromatic heterocycles. The lowest BCUT2D eigenvalue weighted by molar-refractivity contribution is 0.0596. The lowest BCUT2D eigenvalue weighted by Crippen LogP contribution is -2.54. The topological polar surface area (TPSA) is 15.3 Å². The molecule has 96 valence electrons. The molecule has 1 aliphatic rings. The minimum atomic E-state index is 0.300. The second kappa shape index (κ2) is 5.51. The van der Waals surface area contributed by atoms with Gasteiger partial charge in [0.1, 0.15) is 0 Å². The summed E-state index contributed by atoms with van der Waals surface area (Å²) in [6, 6.07) is 2.73. The highest BCUT2D eigenvalue weighted by atomic mass is 32.1. The molecule has 1 aliphatic carbocycles. The summed E-state index contributed by atoms with van der Waals surface area (Å²) in [6.07, 6.45) is 6.74. The minimum Gasteiger partial charge on any atom is -0.311 e. The maximum atomic E-state index is 3.56. The van der Waals surface area contributed by atoms with E-state index in [1.54, 1.807) is 11.3 Å². The molecular weight excluding hydrogens is 228 g/mol. The largest absolute Gasteiger partial charge is 0.311 e. The standard InChI is InChI=1S/C14H24N2S/c1-15-13(12-7-10-17-11-12)14(16(2)3)8-5-4-6-9-14/h7,10-11,13,15H,4-6,8-9H2,1-3H3. The van der Waals surface area contributed by atoms with Crippen LogP contribution in [0.1, 0.15) is 43.7 Å². The second-order valence-corrected chi connectivity index (χ2v) is 6.12. The third-order valence-electron chi connectivity index (χ3n) is 4.31. The van der Waals surface area contributed by atoms with E-state index in [2.05, 4.69) is 48.2 Å². The highest BCUT2D eigenvalue weighted by molar-refractivity contribution is 7.07. The SMILES string of the molecule is CNC(c1ccsc1)C1(N(C)C)CCCCC1. The monoisotopic (exact) mass is 252 g/mol.